The largest absolute Gasteiger partial charge is 0.416 e. The van der Waals surface area contributed by atoms with Crippen LogP contribution in [0.4, 0.5) is 13.2 Å². The van der Waals surface area contributed by atoms with Crippen molar-refractivity contribution in [1.29, 1.82) is 0 Å². The number of halogens is 3. The summed E-state index contributed by atoms with van der Waals surface area (Å²) < 4.78 is 37.8. The molecule has 0 aliphatic carbocycles. The lowest BCUT2D eigenvalue weighted by molar-refractivity contribution is -0.137. The standard InChI is InChI=1S/C13H14F3N3/c14-13(15,16)9-1-2-10-11(6-9)19-12(18-10)5-8-3-4-17-7-8/h1-2,6,8,17H,3-5,7H2,(H,18,19). The fraction of sp³-hybridized carbons (Fsp3) is 0.462. The minimum atomic E-state index is -4.31. The molecule has 3 rings (SSSR count). The Hall–Kier alpha value is -1.56. The van der Waals surface area contributed by atoms with Crippen molar-refractivity contribution in [2.45, 2.75) is 19.0 Å². The van der Waals surface area contributed by atoms with Crippen molar-refractivity contribution in [2.75, 3.05) is 13.1 Å². The van der Waals surface area contributed by atoms with E-state index in [9.17, 15) is 13.2 Å². The summed E-state index contributed by atoms with van der Waals surface area (Å²) in [6, 6.07) is 3.62. The van der Waals surface area contributed by atoms with Gasteiger partial charge in [0.25, 0.3) is 0 Å². The van der Waals surface area contributed by atoms with Gasteiger partial charge >= 0.3 is 6.18 Å². The first-order valence-corrected chi connectivity index (χ1v) is 6.29. The Balaban J connectivity index is 1.87. The summed E-state index contributed by atoms with van der Waals surface area (Å²) in [5, 5.41) is 3.26. The van der Waals surface area contributed by atoms with Crippen molar-refractivity contribution in [3.63, 3.8) is 0 Å². The Labute approximate surface area is 108 Å². The fourth-order valence-electron chi connectivity index (χ4n) is 2.50. The number of imidazole rings is 1. The molecule has 1 atom stereocenters. The highest BCUT2D eigenvalue weighted by Crippen LogP contribution is 2.31. The number of aromatic amines is 1. The van der Waals surface area contributed by atoms with Gasteiger partial charge < -0.3 is 10.3 Å². The first kappa shape index (κ1) is 12.5. The van der Waals surface area contributed by atoms with Crippen LogP contribution in [-0.4, -0.2) is 23.1 Å². The molecular formula is C13H14F3N3. The zero-order valence-corrected chi connectivity index (χ0v) is 10.2. The Morgan fingerprint density at radius 1 is 1.32 bits per heavy atom. The second-order valence-corrected chi connectivity index (χ2v) is 4.98. The SMILES string of the molecule is FC(F)(F)c1ccc2nc(CC3CCNC3)[nH]c2c1. The van der Waals surface area contributed by atoms with Crippen molar-refractivity contribution >= 4 is 11.0 Å². The van der Waals surface area contributed by atoms with Crippen molar-refractivity contribution in [1.82, 2.24) is 15.3 Å². The van der Waals surface area contributed by atoms with Gasteiger partial charge in [-0.05, 0) is 43.6 Å². The number of nitrogens with zero attached hydrogens (tertiary/aromatic N) is 1. The van der Waals surface area contributed by atoms with Crippen molar-refractivity contribution in [3.05, 3.63) is 29.6 Å². The van der Waals surface area contributed by atoms with Gasteiger partial charge in [-0.25, -0.2) is 4.98 Å². The van der Waals surface area contributed by atoms with Crippen LogP contribution in [0.3, 0.4) is 0 Å². The first-order chi connectivity index (χ1) is 9.02. The lowest BCUT2D eigenvalue weighted by Gasteiger charge is -2.05. The second-order valence-electron chi connectivity index (χ2n) is 4.98. The molecule has 2 N–H and O–H groups in total. The van der Waals surface area contributed by atoms with Gasteiger partial charge in [-0.15, -0.1) is 0 Å². The molecule has 1 saturated heterocycles. The van der Waals surface area contributed by atoms with Crippen molar-refractivity contribution in [2.24, 2.45) is 5.92 Å². The number of fused-ring (bicyclic) bond motifs is 1. The molecule has 1 aromatic carbocycles. The van der Waals surface area contributed by atoms with Gasteiger partial charge in [0.1, 0.15) is 5.82 Å². The molecule has 1 aromatic heterocycles. The molecule has 3 nitrogen and oxygen atoms in total. The van der Waals surface area contributed by atoms with E-state index in [-0.39, 0.29) is 0 Å². The third kappa shape index (κ3) is 2.58. The van der Waals surface area contributed by atoms with Gasteiger partial charge in [0, 0.05) is 6.42 Å². The second kappa shape index (κ2) is 4.52. The predicted molar refractivity (Wildman–Crippen MR) is 65.8 cm³/mol. The van der Waals surface area contributed by atoms with Crippen LogP contribution >= 0.6 is 0 Å². The lowest BCUT2D eigenvalue weighted by Crippen LogP contribution is -2.11. The van der Waals surface area contributed by atoms with E-state index >= 15 is 0 Å². The van der Waals surface area contributed by atoms with Crippen LogP contribution in [0.2, 0.25) is 0 Å². The Morgan fingerprint density at radius 2 is 2.16 bits per heavy atom. The van der Waals surface area contributed by atoms with E-state index < -0.39 is 11.7 Å². The maximum Gasteiger partial charge on any atom is 0.416 e. The summed E-state index contributed by atoms with van der Waals surface area (Å²) in [5.41, 5.74) is 0.405. The molecule has 2 heterocycles. The molecular weight excluding hydrogens is 255 g/mol. The molecule has 1 aliphatic heterocycles. The van der Waals surface area contributed by atoms with E-state index in [0.717, 1.165) is 43.9 Å². The van der Waals surface area contributed by atoms with Crippen molar-refractivity contribution in [3.8, 4) is 0 Å². The normalized spacial score (nSPS) is 20.3. The van der Waals surface area contributed by atoms with Crippen LogP contribution < -0.4 is 5.32 Å². The molecule has 19 heavy (non-hydrogen) atoms. The summed E-state index contributed by atoms with van der Waals surface area (Å²) >= 11 is 0. The summed E-state index contributed by atoms with van der Waals surface area (Å²) in [7, 11) is 0. The van der Waals surface area contributed by atoms with Crippen molar-refractivity contribution < 1.29 is 13.2 Å². The molecule has 102 valence electrons. The molecule has 0 spiro atoms. The molecule has 6 heteroatoms. The van der Waals surface area contributed by atoms with E-state index in [4.69, 9.17) is 0 Å². The Kier molecular flexibility index (Phi) is 2.97. The molecule has 2 aromatic rings. The predicted octanol–water partition coefficient (Wildman–Crippen LogP) is 2.73. The Bertz CT molecular complexity index is 582. The number of nitrogens with one attached hydrogen (secondary N) is 2. The molecule has 0 bridgehead atoms. The number of aromatic nitrogens is 2. The molecule has 0 radical (unpaired) electrons. The zero-order chi connectivity index (χ0) is 13.5. The average molecular weight is 269 g/mol. The van der Waals surface area contributed by atoms with E-state index in [2.05, 4.69) is 15.3 Å². The van der Waals surface area contributed by atoms with E-state index in [1.807, 2.05) is 0 Å². The highest BCUT2D eigenvalue weighted by Gasteiger charge is 2.30. The maximum atomic E-state index is 12.6. The smallest absolute Gasteiger partial charge is 0.342 e. The third-order valence-corrected chi connectivity index (χ3v) is 3.50. The van der Waals surface area contributed by atoms with Crippen LogP contribution in [0.1, 0.15) is 17.8 Å². The summed E-state index contributed by atoms with van der Waals surface area (Å²) in [5.74, 6) is 1.28. The zero-order valence-electron chi connectivity index (χ0n) is 10.2. The van der Waals surface area contributed by atoms with E-state index in [0.29, 0.717) is 17.0 Å². The number of H-pyrrole nitrogens is 1. The van der Waals surface area contributed by atoms with E-state index in [1.165, 1.54) is 6.07 Å². The van der Waals surface area contributed by atoms with Crippen LogP contribution in [-0.2, 0) is 12.6 Å². The van der Waals surface area contributed by atoms with Crippen LogP contribution in [0, 0.1) is 5.92 Å². The van der Waals surface area contributed by atoms with Crippen LogP contribution in [0.15, 0.2) is 18.2 Å². The molecule has 0 amide bonds. The summed E-state index contributed by atoms with van der Waals surface area (Å²) in [6.45, 7) is 1.95. The number of alkyl halides is 3. The van der Waals surface area contributed by atoms with Gasteiger partial charge in [-0.2, -0.15) is 13.2 Å². The first-order valence-electron chi connectivity index (χ1n) is 6.29. The minimum Gasteiger partial charge on any atom is -0.342 e. The molecule has 1 unspecified atom stereocenters. The highest BCUT2D eigenvalue weighted by molar-refractivity contribution is 5.76. The molecule has 1 fully saturated rings. The lowest BCUT2D eigenvalue weighted by atomic mass is 10.1. The number of rotatable bonds is 2. The van der Waals surface area contributed by atoms with Gasteiger partial charge in [-0.1, -0.05) is 0 Å². The van der Waals surface area contributed by atoms with E-state index in [1.54, 1.807) is 0 Å². The van der Waals surface area contributed by atoms with Gasteiger partial charge in [-0.3, -0.25) is 0 Å². The van der Waals surface area contributed by atoms with Crippen LogP contribution in [0.25, 0.3) is 11.0 Å². The number of hydrogen-bond acceptors (Lipinski definition) is 2. The number of benzene rings is 1. The van der Waals surface area contributed by atoms with Gasteiger partial charge in [0.05, 0.1) is 16.6 Å². The van der Waals surface area contributed by atoms with Gasteiger partial charge in [0.15, 0.2) is 0 Å². The minimum absolute atomic E-state index is 0.454. The topological polar surface area (TPSA) is 40.7 Å². The highest BCUT2D eigenvalue weighted by atomic mass is 19.4. The summed E-state index contributed by atoms with van der Waals surface area (Å²) in [6.07, 6.45) is -2.44. The third-order valence-electron chi connectivity index (χ3n) is 3.50. The maximum absolute atomic E-state index is 12.6. The molecule has 0 saturated carbocycles. The Morgan fingerprint density at radius 3 is 2.84 bits per heavy atom. The van der Waals surface area contributed by atoms with Crippen LogP contribution in [0.5, 0.6) is 0 Å². The molecule has 1 aliphatic rings. The monoisotopic (exact) mass is 269 g/mol. The average Bonchev–Trinajstić information content (AvgIpc) is 2.95. The number of hydrogen-bond donors (Lipinski definition) is 2. The fourth-order valence-corrected chi connectivity index (χ4v) is 2.50. The van der Waals surface area contributed by atoms with Gasteiger partial charge in [0.2, 0.25) is 0 Å². The quantitative estimate of drug-likeness (QED) is 0.880. The summed E-state index contributed by atoms with van der Waals surface area (Å²) in [4.78, 5) is 7.34.